The normalized spacial score (nSPS) is 26.9. The van der Waals surface area contributed by atoms with Crippen LogP contribution in [0.5, 0.6) is 0 Å². The Bertz CT molecular complexity index is 398. The van der Waals surface area contributed by atoms with Gasteiger partial charge in [0.05, 0.1) is 5.01 Å². The van der Waals surface area contributed by atoms with E-state index < -0.39 is 0 Å². The second-order valence-corrected chi connectivity index (χ2v) is 7.41. The molecule has 1 saturated carbocycles. The van der Waals surface area contributed by atoms with Gasteiger partial charge >= 0.3 is 0 Å². The Morgan fingerprint density at radius 1 is 1.40 bits per heavy atom. The number of piperazine rings is 1. The van der Waals surface area contributed by atoms with E-state index in [1.807, 2.05) is 6.20 Å². The van der Waals surface area contributed by atoms with Gasteiger partial charge in [-0.15, -0.1) is 11.3 Å². The minimum absolute atomic E-state index is 0.423. The highest BCUT2D eigenvalue weighted by Crippen LogP contribution is 2.32. The molecule has 1 atom stereocenters. The van der Waals surface area contributed by atoms with Crippen LogP contribution in [0.15, 0.2) is 11.6 Å². The zero-order valence-corrected chi connectivity index (χ0v) is 13.4. The maximum Gasteiger partial charge on any atom is 0.0937 e. The highest BCUT2D eigenvalue weighted by molar-refractivity contribution is 7.09. The van der Waals surface area contributed by atoms with Crippen molar-refractivity contribution >= 4 is 11.3 Å². The van der Waals surface area contributed by atoms with Crippen LogP contribution < -0.4 is 5.32 Å². The Hall–Kier alpha value is -0.450. The first-order valence-electron chi connectivity index (χ1n) is 8.19. The molecule has 2 fully saturated rings. The summed E-state index contributed by atoms with van der Waals surface area (Å²) in [6, 6.07) is 0.711. The molecule has 112 valence electrons. The number of nitrogens with one attached hydrogen (secondary N) is 1. The highest BCUT2D eigenvalue weighted by atomic mass is 32.1. The van der Waals surface area contributed by atoms with Crippen LogP contribution in [0.3, 0.4) is 0 Å². The molecule has 0 radical (unpaired) electrons. The van der Waals surface area contributed by atoms with Gasteiger partial charge in [-0.3, -0.25) is 4.90 Å². The Kier molecular flexibility index (Phi) is 4.74. The number of rotatable bonds is 4. The molecule has 1 N–H and O–H groups in total. The van der Waals surface area contributed by atoms with Crippen LogP contribution in [0.2, 0.25) is 0 Å². The Morgan fingerprint density at radius 2 is 2.25 bits per heavy atom. The molecular formula is C16H27N3S. The van der Waals surface area contributed by atoms with Gasteiger partial charge in [0.2, 0.25) is 0 Å². The summed E-state index contributed by atoms with van der Waals surface area (Å²) >= 11 is 1.79. The molecule has 20 heavy (non-hydrogen) atoms. The molecule has 1 aromatic heterocycles. The summed E-state index contributed by atoms with van der Waals surface area (Å²) in [7, 11) is 0. The molecule has 2 heterocycles. The van der Waals surface area contributed by atoms with E-state index in [0.717, 1.165) is 6.42 Å². The SMILES string of the molecule is CCC1CNC2(CCCCC2)CN1CCc1nccs1. The lowest BCUT2D eigenvalue weighted by Gasteiger charge is -2.49. The summed E-state index contributed by atoms with van der Waals surface area (Å²) in [4.78, 5) is 7.17. The van der Waals surface area contributed by atoms with E-state index in [1.165, 1.54) is 63.2 Å². The van der Waals surface area contributed by atoms with Crippen molar-refractivity contribution in [1.29, 1.82) is 0 Å². The van der Waals surface area contributed by atoms with Crippen molar-refractivity contribution in [3.63, 3.8) is 0 Å². The van der Waals surface area contributed by atoms with E-state index in [1.54, 1.807) is 11.3 Å². The van der Waals surface area contributed by atoms with E-state index in [-0.39, 0.29) is 0 Å². The van der Waals surface area contributed by atoms with Crippen LogP contribution in [0.25, 0.3) is 0 Å². The third-order valence-electron chi connectivity index (χ3n) is 5.11. The van der Waals surface area contributed by atoms with Crippen LogP contribution in [-0.2, 0) is 6.42 Å². The molecule has 4 heteroatoms. The second kappa shape index (κ2) is 6.54. The molecule has 0 bridgehead atoms. The predicted molar refractivity (Wildman–Crippen MR) is 85.3 cm³/mol. The number of nitrogens with zero attached hydrogens (tertiary/aromatic N) is 2. The average Bonchev–Trinajstić information content (AvgIpc) is 2.99. The van der Waals surface area contributed by atoms with Crippen LogP contribution >= 0.6 is 11.3 Å². The predicted octanol–water partition coefficient (Wildman–Crippen LogP) is 3.07. The van der Waals surface area contributed by atoms with Crippen LogP contribution in [0.4, 0.5) is 0 Å². The van der Waals surface area contributed by atoms with Gasteiger partial charge in [-0.05, 0) is 19.3 Å². The van der Waals surface area contributed by atoms with E-state index >= 15 is 0 Å². The van der Waals surface area contributed by atoms with Gasteiger partial charge in [-0.1, -0.05) is 26.2 Å². The fraction of sp³-hybridized carbons (Fsp3) is 0.812. The lowest BCUT2D eigenvalue weighted by Crippen LogP contribution is -2.64. The Labute approximate surface area is 126 Å². The first-order valence-corrected chi connectivity index (χ1v) is 9.07. The fourth-order valence-corrected chi connectivity index (χ4v) is 4.49. The summed E-state index contributed by atoms with van der Waals surface area (Å²) in [5.41, 5.74) is 0.423. The molecule has 0 amide bonds. The first-order chi connectivity index (χ1) is 9.81. The lowest BCUT2D eigenvalue weighted by molar-refractivity contribution is 0.0549. The van der Waals surface area contributed by atoms with Crippen molar-refractivity contribution in [2.75, 3.05) is 19.6 Å². The molecule has 2 aliphatic rings. The molecule has 1 aliphatic carbocycles. The second-order valence-electron chi connectivity index (χ2n) is 6.43. The van der Waals surface area contributed by atoms with Crippen LogP contribution in [-0.4, -0.2) is 41.1 Å². The molecule has 1 spiro atoms. The smallest absolute Gasteiger partial charge is 0.0937 e. The van der Waals surface area contributed by atoms with Gasteiger partial charge in [0, 0.05) is 49.2 Å². The summed E-state index contributed by atoms with van der Waals surface area (Å²) in [6.45, 7) is 5.92. The summed E-state index contributed by atoms with van der Waals surface area (Å²) in [5, 5.41) is 7.28. The van der Waals surface area contributed by atoms with Crippen molar-refractivity contribution < 1.29 is 0 Å². The number of aromatic nitrogens is 1. The van der Waals surface area contributed by atoms with Crippen molar-refractivity contribution in [2.24, 2.45) is 0 Å². The summed E-state index contributed by atoms with van der Waals surface area (Å²) < 4.78 is 0. The maximum absolute atomic E-state index is 4.43. The van der Waals surface area contributed by atoms with Crippen LogP contribution in [0.1, 0.15) is 50.5 Å². The molecule has 3 rings (SSSR count). The molecule has 1 unspecified atom stereocenters. The third-order valence-corrected chi connectivity index (χ3v) is 5.95. The lowest BCUT2D eigenvalue weighted by atomic mass is 9.79. The summed E-state index contributed by atoms with van der Waals surface area (Å²) in [5.74, 6) is 0. The highest BCUT2D eigenvalue weighted by Gasteiger charge is 2.39. The molecule has 3 nitrogen and oxygen atoms in total. The van der Waals surface area contributed by atoms with E-state index in [2.05, 4.69) is 27.5 Å². The van der Waals surface area contributed by atoms with E-state index in [9.17, 15) is 0 Å². The Balaban J connectivity index is 1.62. The number of hydrogen-bond acceptors (Lipinski definition) is 4. The third kappa shape index (κ3) is 3.23. The molecule has 0 aromatic carbocycles. The van der Waals surface area contributed by atoms with Crippen molar-refractivity contribution in [3.8, 4) is 0 Å². The largest absolute Gasteiger partial charge is 0.308 e. The zero-order valence-electron chi connectivity index (χ0n) is 12.6. The van der Waals surface area contributed by atoms with Crippen molar-refractivity contribution in [2.45, 2.75) is 63.5 Å². The topological polar surface area (TPSA) is 28.2 Å². The molecule has 1 aromatic rings. The van der Waals surface area contributed by atoms with E-state index in [0.29, 0.717) is 11.6 Å². The van der Waals surface area contributed by atoms with Gasteiger partial charge in [0.25, 0.3) is 0 Å². The fourth-order valence-electron chi connectivity index (χ4n) is 3.88. The van der Waals surface area contributed by atoms with Gasteiger partial charge in [0.1, 0.15) is 0 Å². The Morgan fingerprint density at radius 3 is 2.95 bits per heavy atom. The first kappa shape index (κ1) is 14.5. The number of hydrogen-bond donors (Lipinski definition) is 1. The van der Waals surface area contributed by atoms with Crippen molar-refractivity contribution in [3.05, 3.63) is 16.6 Å². The molecule has 1 saturated heterocycles. The summed E-state index contributed by atoms with van der Waals surface area (Å²) in [6.07, 6.45) is 11.3. The standard InChI is InChI=1S/C16H27N3S/c1-2-14-12-18-16(7-4-3-5-8-16)13-19(14)10-6-15-17-9-11-20-15/h9,11,14,18H,2-8,10,12-13H2,1H3. The monoisotopic (exact) mass is 293 g/mol. The van der Waals surface area contributed by atoms with Gasteiger partial charge in [-0.2, -0.15) is 0 Å². The van der Waals surface area contributed by atoms with E-state index in [4.69, 9.17) is 0 Å². The molecule has 1 aliphatic heterocycles. The van der Waals surface area contributed by atoms with Crippen molar-refractivity contribution in [1.82, 2.24) is 15.2 Å². The van der Waals surface area contributed by atoms with Gasteiger partial charge in [-0.25, -0.2) is 4.98 Å². The quantitative estimate of drug-likeness (QED) is 0.925. The maximum atomic E-state index is 4.43. The zero-order chi connectivity index (χ0) is 13.8. The average molecular weight is 293 g/mol. The minimum atomic E-state index is 0.423. The minimum Gasteiger partial charge on any atom is -0.308 e. The van der Waals surface area contributed by atoms with Crippen LogP contribution in [0, 0.1) is 0 Å². The van der Waals surface area contributed by atoms with Gasteiger partial charge in [0.15, 0.2) is 0 Å². The molecular weight excluding hydrogens is 266 g/mol. The number of thiazole rings is 1. The van der Waals surface area contributed by atoms with Gasteiger partial charge < -0.3 is 5.32 Å².